The first-order valence-corrected chi connectivity index (χ1v) is 6.04. The van der Waals surface area contributed by atoms with Crippen molar-refractivity contribution in [2.75, 3.05) is 5.32 Å². The van der Waals surface area contributed by atoms with Crippen molar-refractivity contribution in [1.82, 2.24) is 0 Å². The lowest BCUT2D eigenvalue weighted by molar-refractivity contribution is 0.0636. The molecule has 0 bridgehead atoms. The van der Waals surface area contributed by atoms with Crippen LogP contribution in [0.4, 0.5) is 10.5 Å². The van der Waals surface area contributed by atoms with Gasteiger partial charge in [-0.05, 0) is 45.9 Å². The molecule has 1 aromatic rings. The molecule has 18 heavy (non-hydrogen) atoms. The summed E-state index contributed by atoms with van der Waals surface area (Å²) in [5.41, 5.74) is 0.540. The number of ether oxygens (including phenoxy) is 1. The molecular formula is C13H18ClNO3. The smallest absolute Gasteiger partial charge is 0.412 e. The van der Waals surface area contributed by atoms with Gasteiger partial charge in [0.05, 0.1) is 6.10 Å². The van der Waals surface area contributed by atoms with Gasteiger partial charge in [-0.1, -0.05) is 11.6 Å². The number of halogens is 1. The van der Waals surface area contributed by atoms with Crippen molar-refractivity contribution < 1.29 is 14.6 Å². The number of hydrogen-bond acceptors (Lipinski definition) is 3. The minimum atomic E-state index is -0.696. The van der Waals surface area contributed by atoms with Crippen LogP contribution in [0.3, 0.4) is 0 Å². The second-order valence-electron chi connectivity index (χ2n) is 5.04. The Morgan fingerprint density at radius 2 is 2.06 bits per heavy atom. The van der Waals surface area contributed by atoms with E-state index in [-0.39, 0.29) is 0 Å². The van der Waals surface area contributed by atoms with E-state index in [0.29, 0.717) is 16.3 Å². The molecule has 0 heterocycles. The maximum atomic E-state index is 11.6. The van der Waals surface area contributed by atoms with Gasteiger partial charge in [-0.25, -0.2) is 4.79 Å². The minimum absolute atomic E-state index is 0.458. The van der Waals surface area contributed by atoms with Gasteiger partial charge in [0.25, 0.3) is 0 Å². The number of nitrogens with one attached hydrogen (secondary N) is 1. The highest BCUT2D eigenvalue weighted by Gasteiger charge is 2.16. The lowest BCUT2D eigenvalue weighted by Crippen LogP contribution is -2.27. The summed E-state index contributed by atoms with van der Waals surface area (Å²) in [5, 5.41) is 12.6. The molecule has 0 aromatic heterocycles. The molecule has 1 atom stereocenters. The van der Waals surface area contributed by atoms with Crippen LogP contribution in [0, 0.1) is 0 Å². The van der Waals surface area contributed by atoms with Crippen LogP contribution in [0.25, 0.3) is 0 Å². The number of anilines is 1. The van der Waals surface area contributed by atoms with Gasteiger partial charge in [0.2, 0.25) is 0 Å². The predicted octanol–water partition coefficient (Wildman–Crippen LogP) is 3.74. The molecule has 5 heteroatoms. The van der Waals surface area contributed by atoms with Gasteiger partial charge < -0.3 is 9.84 Å². The van der Waals surface area contributed by atoms with Gasteiger partial charge in [-0.2, -0.15) is 0 Å². The summed E-state index contributed by atoms with van der Waals surface area (Å²) in [6, 6.07) is 4.89. The molecule has 100 valence electrons. The van der Waals surface area contributed by atoms with E-state index in [1.54, 1.807) is 45.9 Å². The number of hydrogen-bond donors (Lipinski definition) is 2. The molecule has 4 nitrogen and oxygen atoms in total. The Bertz CT molecular complexity index is 438. The van der Waals surface area contributed by atoms with Crippen LogP contribution in [-0.2, 0) is 4.74 Å². The highest BCUT2D eigenvalue weighted by molar-refractivity contribution is 6.31. The molecule has 0 fully saturated rings. The van der Waals surface area contributed by atoms with Gasteiger partial charge >= 0.3 is 6.09 Å². The molecule has 0 aliphatic heterocycles. The van der Waals surface area contributed by atoms with Gasteiger partial charge in [-0.3, -0.25) is 5.32 Å². The van der Waals surface area contributed by atoms with E-state index in [0.717, 1.165) is 0 Å². The first-order chi connectivity index (χ1) is 8.19. The Kier molecular flexibility index (Phi) is 4.59. The number of carbonyl (C=O) groups is 1. The fourth-order valence-corrected chi connectivity index (χ4v) is 1.64. The molecule has 1 rings (SSSR count). The quantitative estimate of drug-likeness (QED) is 0.861. The van der Waals surface area contributed by atoms with E-state index in [2.05, 4.69) is 5.32 Å². The average Bonchev–Trinajstić information content (AvgIpc) is 2.17. The summed E-state index contributed by atoms with van der Waals surface area (Å²) < 4.78 is 5.13. The fourth-order valence-electron chi connectivity index (χ4n) is 1.36. The normalized spacial score (nSPS) is 13.0. The molecular weight excluding hydrogens is 254 g/mol. The molecule has 2 N–H and O–H groups in total. The summed E-state index contributed by atoms with van der Waals surface area (Å²) in [7, 11) is 0. The summed E-state index contributed by atoms with van der Waals surface area (Å²) in [6.45, 7) is 6.97. The van der Waals surface area contributed by atoms with E-state index < -0.39 is 17.8 Å². The van der Waals surface area contributed by atoms with Crippen LogP contribution in [0.15, 0.2) is 18.2 Å². The Hall–Kier alpha value is -1.26. The number of benzene rings is 1. The van der Waals surface area contributed by atoms with E-state index in [1.807, 2.05) is 0 Å². The summed E-state index contributed by atoms with van der Waals surface area (Å²) in [4.78, 5) is 11.6. The minimum Gasteiger partial charge on any atom is -0.444 e. The summed E-state index contributed by atoms with van der Waals surface area (Å²) in [6.07, 6.45) is -1.24. The van der Waals surface area contributed by atoms with E-state index in [4.69, 9.17) is 16.3 Å². The average molecular weight is 272 g/mol. The number of aliphatic hydroxyl groups excluding tert-OH is 1. The van der Waals surface area contributed by atoms with Crippen molar-refractivity contribution in [3.05, 3.63) is 28.8 Å². The van der Waals surface area contributed by atoms with Crippen LogP contribution in [0.2, 0.25) is 5.02 Å². The fraction of sp³-hybridized carbons (Fsp3) is 0.462. The third-order valence-electron chi connectivity index (χ3n) is 2.09. The molecule has 0 aliphatic carbocycles. The molecule has 0 aliphatic rings. The van der Waals surface area contributed by atoms with Gasteiger partial charge in [0.15, 0.2) is 0 Å². The summed E-state index contributed by atoms with van der Waals surface area (Å²) in [5.74, 6) is 0. The summed E-state index contributed by atoms with van der Waals surface area (Å²) >= 11 is 5.93. The zero-order valence-corrected chi connectivity index (χ0v) is 11.7. The van der Waals surface area contributed by atoms with E-state index in [9.17, 15) is 9.90 Å². The Morgan fingerprint density at radius 1 is 1.44 bits per heavy atom. The first-order valence-electron chi connectivity index (χ1n) is 5.66. The molecule has 0 radical (unpaired) electrons. The third kappa shape index (κ3) is 4.55. The standard InChI is InChI=1S/C13H18ClNO3/c1-8(16)10-7-9(5-6-11(10)14)15-12(17)18-13(2,3)4/h5-8,16H,1-4H3,(H,15,17)/t8-/m1/s1. The highest BCUT2D eigenvalue weighted by atomic mass is 35.5. The van der Waals surface area contributed by atoms with Crippen LogP contribution in [0.5, 0.6) is 0 Å². The van der Waals surface area contributed by atoms with Crippen LogP contribution < -0.4 is 5.32 Å². The van der Waals surface area contributed by atoms with Crippen LogP contribution >= 0.6 is 11.6 Å². The lowest BCUT2D eigenvalue weighted by atomic mass is 10.1. The Labute approximate surface area is 112 Å². The Balaban J connectivity index is 2.80. The van der Waals surface area contributed by atoms with Crippen molar-refractivity contribution >= 4 is 23.4 Å². The zero-order chi connectivity index (χ0) is 13.9. The monoisotopic (exact) mass is 271 g/mol. The van der Waals surface area contributed by atoms with E-state index in [1.165, 1.54) is 0 Å². The molecule has 0 unspecified atom stereocenters. The number of carbonyl (C=O) groups excluding carboxylic acids is 1. The first kappa shape index (κ1) is 14.8. The molecule has 1 aromatic carbocycles. The molecule has 1 amide bonds. The molecule has 0 spiro atoms. The van der Waals surface area contributed by atoms with Crippen molar-refractivity contribution in [3.8, 4) is 0 Å². The number of rotatable bonds is 2. The van der Waals surface area contributed by atoms with Crippen molar-refractivity contribution in [2.24, 2.45) is 0 Å². The second-order valence-corrected chi connectivity index (χ2v) is 5.45. The lowest BCUT2D eigenvalue weighted by Gasteiger charge is -2.20. The van der Waals surface area contributed by atoms with Crippen molar-refractivity contribution in [2.45, 2.75) is 39.4 Å². The van der Waals surface area contributed by atoms with E-state index >= 15 is 0 Å². The van der Waals surface area contributed by atoms with Gasteiger partial charge in [0.1, 0.15) is 5.60 Å². The number of aliphatic hydroxyl groups is 1. The second kappa shape index (κ2) is 5.59. The topological polar surface area (TPSA) is 58.6 Å². The van der Waals surface area contributed by atoms with Crippen LogP contribution in [0.1, 0.15) is 39.4 Å². The largest absolute Gasteiger partial charge is 0.444 e. The maximum Gasteiger partial charge on any atom is 0.412 e. The molecule has 0 saturated carbocycles. The number of amides is 1. The van der Waals surface area contributed by atoms with Gasteiger partial charge in [0, 0.05) is 16.3 Å². The maximum absolute atomic E-state index is 11.6. The zero-order valence-electron chi connectivity index (χ0n) is 11.0. The van der Waals surface area contributed by atoms with Crippen molar-refractivity contribution in [3.63, 3.8) is 0 Å². The van der Waals surface area contributed by atoms with Crippen molar-refractivity contribution in [1.29, 1.82) is 0 Å². The Morgan fingerprint density at radius 3 is 2.56 bits per heavy atom. The van der Waals surface area contributed by atoms with Gasteiger partial charge in [-0.15, -0.1) is 0 Å². The SMILES string of the molecule is C[C@@H](O)c1cc(NC(=O)OC(C)(C)C)ccc1Cl. The predicted molar refractivity (Wildman–Crippen MR) is 71.9 cm³/mol. The highest BCUT2D eigenvalue weighted by Crippen LogP contribution is 2.26. The third-order valence-corrected chi connectivity index (χ3v) is 2.44. The van der Waals surface area contributed by atoms with Crippen LogP contribution in [-0.4, -0.2) is 16.8 Å². The molecule has 0 saturated heterocycles.